The molecule has 0 bridgehead atoms. The average molecular weight is 375 g/mol. The van der Waals surface area contributed by atoms with Crippen LogP contribution in [0.2, 0.25) is 0 Å². The molecule has 2 rings (SSSR count). The zero-order valence-corrected chi connectivity index (χ0v) is 15.1. The number of benzene rings is 2. The highest BCUT2D eigenvalue weighted by atomic mass is 16.5. The van der Waals surface area contributed by atoms with Gasteiger partial charge in [-0.2, -0.15) is 0 Å². The van der Waals surface area contributed by atoms with E-state index in [0.717, 1.165) is 0 Å². The number of carboxylic acid groups (broad SMARTS) is 1. The molecule has 0 aliphatic rings. The van der Waals surface area contributed by atoms with Gasteiger partial charge in [-0.25, -0.2) is 4.79 Å². The first kappa shape index (κ1) is 20.1. The van der Waals surface area contributed by atoms with Crippen LogP contribution in [0.4, 0.5) is 5.69 Å². The van der Waals surface area contributed by atoms with Gasteiger partial charge in [0.05, 0.1) is 32.1 Å². The molecule has 0 atom stereocenters. The van der Waals surface area contributed by atoms with Gasteiger partial charge in [0.15, 0.2) is 11.5 Å². The van der Waals surface area contributed by atoms with E-state index in [0.29, 0.717) is 12.4 Å². The topological polar surface area (TPSA) is 103 Å². The monoisotopic (exact) mass is 375 g/mol. The minimum atomic E-state index is -1.15. The average Bonchev–Trinajstić information content (AvgIpc) is 2.67. The summed E-state index contributed by atoms with van der Waals surface area (Å²) in [7, 11) is 2.77. The number of ether oxygens (including phenoxy) is 4. The first-order valence-electron chi connectivity index (χ1n) is 8.10. The van der Waals surface area contributed by atoms with Crippen molar-refractivity contribution in [1.82, 2.24) is 0 Å². The Kier molecular flexibility index (Phi) is 7.45. The second kappa shape index (κ2) is 10.0. The Morgan fingerprint density at radius 3 is 2.41 bits per heavy atom. The van der Waals surface area contributed by atoms with Crippen LogP contribution in [0, 0.1) is 0 Å². The van der Waals surface area contributed by atoms with E-state index in [1.807, 2.05) is 30.3 Å². The summed E-state index contributed by atoms with van der Waals surface area (Å²) in [6.07, 6.45) is 0. The molecule has 0 saturated carbocycles. The highest BCUT2D eigenvalue weighted by molar-refractivity contribution is 5.97. The lowest BCUT2D eigenvalue weighted by molar-refractivity contribution is -0.120. The summed E-state index contributed by atoms with van der Waals surface area (Å²) in [5.41, 5.74) is 0.142. The molecule has 0 saturated heterocycles. The van der Waals surface area contributed by atoms with E-state index in [-0.39, 0.29) is 36.0 Å². The third-order valence-corrected chi connectivity index (χ3v) is 3.47. The summed E-state index contributed by atoms with van der Waals surface area (Å²) in [4.78, 5) is 23.3. The number of nitrogens with one attached hydrogen (secondary N) is 1. The van der Waals surface area contributed by atoms with E-state index in [2.05, 4.69) is 5.32 Å². The number of hydrogen-bond acceptors (Lipinski definition) is 6. The lowest BCUT2D eigenvalue weighted by Crippen LogP contribution is -2.21. The van der Waals surface area contributed by atoms with Crippen LogP contribution in [0.25, 0.3) is 0 Å². The number of anilines is 1. The molecule has 2 aromatic rings. The van der Waals surface area contributed by atoms with E-state index >= 15 is 0 Å². The lowest BCUT2D eigenvalue weighted by Gasteiger charge is -2.15. The van der Waals surface area contributed by atoms with Crippen molar-refractivity contribution >= 4 is 17.6 Å². The molecule has 2 N–H and O–H groups in total. The molecule has 0 aliphatic carbocycles. The van der Waals surface area contributed by atoms with E-state index in [1.165, 1.54) is 26.4 Å². The summed E-state index contributed by atoms with van der Waals surface area (Å²) in [5, 5.41) is 11.7. The van der Waals surface area contributed by atoms with Crippen molar-refractivity contribution in [2.24, 2.45) is 0 Å². The van der Waals surface area contributed by atoms with Gasteiger partial charge in [0.25, 0.3) is 0 Å². The molecule has 2 aromatic carbocycles. The van der Waals surface area contributed by atoms with Crippen molar-refractivity contribution < 1.29 is 33.6 Å². The third kappa shape index (κ3) is 5.89. The summed E-state index contributed by atoms with van der Waals surface area (Å²) < 4.78 is 21.0. The number of methoxy groups -OCH3 is 2. The second-order valence-corrected chi connectivity index (χ2v) is 5.33. The number of carbonyl (C=O) groups excluding carboxylic acids is 1. The molecule has 1 amide bonds. The van der Waals surface area contributed by atoms with Gasteiger partial charge in [-0.05, 0) is 24.3 Å². The number of para-hydroxylation sites is 1. The van der Waals surface area contributed by atoms with Gasteiger partial charge in [-0.1, -0.05) is 18.2 Å². The van der Waals surface area contributed by atoms with Crippen LogP contribution in [0.5, 0.6) is 17.2 Å². The maximum absolute atomic E-state index is 12.1. The number of carboxylic acids is 1. The maximum atomic E-state index is 12.1. The zero-order chi connectivity index (χ0) is 19.6. The Bertz CT molecular complexity index is 777. The number of amides is 1. The number of carbonyl (C=O) groups is 2. The highest BCUT2D eigenvalue weighted by Gasteiger charge is 2.17. The molecule has 0 unspecified atom stereocenters. The zero-order valence-electron chi connectivity index (χ0n) is 15.1. The summed E-state index contributed by atoms with van der Waals surface area (Å²) >= 11 is 0. The molecule has 0 spiro atoms. The number of aromatic carboxylic acids is 1. The minimum Gasteiger partial charge on any atom is -0.493 e. The van der Waals surface area contributed by atoms with Gasteiger partial charge in [0.2, 0.25) is 5.91 Å². The molecular formula is C19H21NO7. The molecular weight excluding hydrogens is 354 g/mol. The largest absolute Gasteiger partial charge is 0.493 e. The highest BCUT2D eigenvalue weighted by Crippen LogP contribution is 2.36. The molecule has 27 heavy (non-hydrogen) atoms. The fraction of sp³-hybridized carbons (Fsp3) is 0.263. The smallest absolute Gasteiger partial charge is 0.335 e. The predicted octanol–water partition coefficient (Wildman–Crippen LogP) is 2.44. The van der Waals surface area contributed by atoms with E-state index < -0.39 is 11.9 Å². The Balaban J connectivity index is 1.89. The SMILES string of the molecule is COc1cc(C(=O)O)cc(NC(=O)COCCOc2ccccc2)c1OC. The van der Waals surface area contributed by atoms with Gasteiger partial charge in [-0.3, -0.25) is 4.79 Å². The van der Waals surface area contributed by atoms with Crippen LogP contribution in [0.3, 0.4) is 0 Å². The molecule has 0 aromatic heterocycles. The van der Waals surface area contributed by atoms with Gasteiger partial charge < -0.3 is 29.4 Å². The van der Waals surface area contributed by atoms with Gasteiger partial charge in [0, 0.05) is 0 Å². The fourth-order valence-corrected chi connectivity index (χ4v) is 2.27. The van der Waals surface area contributed by atoms with Crippen molar-refractivity contribution in [3.05, 3.63) is 48.0 Å². The molecule has 144 valence electrons. The van der Waals surface area contributed by atoms with E-state index in [1.54, 1.807) is 0 Å². The van der Waals surface area contributed by atoms with Crippen molar-refractivity contribution in [2.75, 3.05) is 39.4 Å². The van der Waals surface area contributed by atoms with Gasteiger partial charge in [-0.15, -0.1) is 0 Å². The molecule has 8 heteroatoms. The standard InChI is InChI=1S/C19H21NO7/c1-24-16-11-13(19(22)23)10-15(18(16)25-2)20-17(21)12-26-8-9-27-14-6-4-3-5-7-14/h3-7,10-11H,8-9,12H2,1-2H3,(H,20,21)(H,22,23). The first-order valence-corrected chi connectivity index (χ1v) is 8.10. The summed E-state index contributed by atoms with van der Waals surface area (Å²) in [6.45, 7) is 0.293. The van der Waals surface area contributed by atoms with Crippen LogP contribution in [-0.2, 0) is 9.53 Å². The first-order chi connectivity index (χ1) is 13.0. The summed E-state index contributed by atoms with van der Waals surface area (Å²) in [6, 6.07) is 11.8. The Morgan fingerprint density at radius 1 is 1.04 bits per heavy atom. The van der Waals surface area contributed by atoms with Crippen molar-refractivity contribution in [3.8, 4) is 17.2 Å². The van der Waals surface area contributed by atoms with Crippen molar-refractivity contribution in [3.63, 3.8) is 0 Å². The van der Waals surface area contributed by atoms with Gasteiger partial charge >= 0.3 is 5.97 Å². The Morgan fingerprint density at radius 2 is 1.78 bits per heavy atom. The van der Waals surface area contributed by atoms with Crippen LogP contribution >= 0.6 is 0 Å². The van der Waals surface area contributed by atoms with E-state index in [4.69, 9.17) is 18.9 Å². The normalized spacial score (nSPS) is 10.1. The summed E-state index contributed by atoms with van der Waals surface area (Å²) in [5.74, 6) is -0.473. The number of hydrogen-bond donors (Lipinski definition) is 2. The molecule has 0 radical (unpaired) electrons. The number of rotatable bonds is 10. The molecule has 0 aliphatic heterocycles. The quantitative estimate of drug-likeness (QED) is 0.615. The van der Waals surface area contributed by atoms with Gasteiger partial charge in [0.1, 0.15) is 19.0 Å². The molecule has 8 nitrogen and oxygen atoms in total. The molecule has 0 heterocycles. The minimum absolute atomic E-state index is 0.0415. The maximum Gasteiger partial charge on any atom is 0.335 e. The molecule has 0 fully saturated rings. The van der Waals surface area contributed by atoms with E-state index in [9.17, 15) is 14.7 Å². The Hall–Kier alpha value is -3.26. The fourth-order valence-electron chi connectivity index (χ4n) is 2.27. The lowest BCUT2D eigenvalue weighted by atomic mass is 10.1. The van der Waals surface area contributed by atoms with Crippen LogP contribution < -0.4 is 19.5 Å². The van der Waals surface area contributed by atoms with Crippen molar-refractivity contribution in [1.29, 1.82) is 0 Å². The van der Waals surface area contributed by atoms with Crippen LogP contribution in [0.1, 0.15) is 10.4 Å². The Labute approximate surface area is 156 Å². The van der Waals surface area contributed by atoms with Crippen LogP contribution in [0.15, 0.2) is 42.5 Å². The third-order valence-electron chi connectivity index (χ3n) is 3.47. The predicted molar refractivity (Wildman–Crippen MR) is 97.9 cm³/mol. The van der Waals surface area contributed by atoms with Crippen LogP contribution in [-0.4, -0.2) is 51.0 Å². The van der Waals surface area contributed by atoms with Crippen molar-refractivity contribution in [2.45, 2.75) is 0 Å². The second-order valence-electron chi connectivity index (χ2n) is 5.33.